The number of methoxy groups -OCH3 is 1. The fourth-order valence-electron chi connectivity index (χ4n) is 1.49. The van der Waals surface area contributed by atoms with E-state index >= 15 is 0 Å². The molecule has 0 spiro atoms. The molecule has 88 valence electrons. The zero-order valence-electron chi connectivity index (χ0n) is 9.35. The summed E-state index contributed by atoms with van der Waals surface area (Å²) in [6, 6.07) is 6.24. The van der Waals surface area contributed by atoms with E-state index in [0.717, 1.165) is 0 Å². The lowest BCUT2D eigenvalue weighted by atomic mass is 10.2. The molecule has 5 nitrogen and oxygen atoms in total. The van der Waals surface area contributed by atoms with Gasteiger partial charge in [0.25, 0.3) is 0 Å². The summed E-state index contributed by atoms with van der Waals surface area (Å²) in [5, 5.41) is 0.654. The Morgan fingerprint density at radius 3 is 2.59 bits per heavy atom. The summed E-state index contributed by atoms with van der Waals surface area (Å²) >= 11 is 0. The quantitative estimate of drug-likeness (QED) is 0.449. The highest BCUT2D eigenvalue weighted by Crippen LogP contribution is 2.34. The van der Waals surface area contributed by atoms with Crippen molar-refractivity contribution in [1.29, 1.82) is 0 Å². The van der Waals surface area contributed by atoms with Gasteiger partial charge in [-0.2, -0.15) is 0 Å². The first-order chi connectivity index (χ1) is 8.11. The van der Waals surface area contributed by atoms with Crippen molar-refractivity contribution < 1.29 is 18.7 Å². The molecule has 0 bridgehead atoms. The predicted octanol–water partition coefficient (Wildman–Crippen LogP) is 1.73. The minimum Gasteiger partial charge on any atom is -0.493 e. The van der Waals surface area contributed by atoms with Crippen molar-refractivity contribution in [2.75, 3.05) is 7.11 Å². The van der Waals surface area contributed by atoms with Crippen molar-refractivity contribution in [1.82, 2.24) is 0 Å². The van der Waals surface area contributed by atoms with Crippen molar-refractivity contribution in [2.45, 2.75) is 6.92 Å². The number of esters is 1. The third-order valence-corrected chi connectivity index (χ3v) is 2.17. The Bertz CT molecular complexity index is 626. The normalized spacial score (nSPS) is 10.2. The van der Waals surface area contributed by atoms with Crippen molar-refractivity contribution in [2.24, 2.45) is 0 Å². The standard InChI is InChI=1S/C12H10O5/c1-7(13)16-12-9(15-2)5-3-8-4-6-10(14)17-11(8)12/h3-6H,1-2H3. The van der Waals surface area contributed by atoms with Gasteiger partial charge in [-0.05, 0) is 18.2 Å². The van der Waals surface area contributed by atoms with Gasteiger partial charge in [0.2, 0.25) is 5.75 Å². The van der Waals surface area contributed by atoms with Crippen LogP contribution in [0.15, 0.2) is 33.5 Å². The minimum absolute atomic E-state index is 0.121. The molecule has 1 aromatic carbocycles. The highest BCUT2D eigenvalue weighted by Gasteiger charge is 2.14. The molecule has 0 aliphatic heterocycles. The number of benzene rings is 1. The summed E-state index contributed by atoms with van der Waals surface area (Å²) in [5.74, 6) is -0.0560. The van der Waals surface area contributed by atoms with Crippen LogP contribution in [-0.4, -0.2) is 13.1 Å². The SMILES string of the molecule is COc1ccc2ccc(=O)oc2c1OC(C)=O. The summed E-state index contributed by atoms with van der Waals surface area (Å²) in [6.07, 6.45) is 0. The van der Waals surface area contributed by atoms with Gasteiger partial charge in [-0.1, -0.05) is 0 Å². The smallest absolute Gasteiger partial charge is 0.336 e. The van der Waals surface area contributed by atoms with Crippen LogP contribution < -0.4 is 15.1 Å². The maximum atomic E-state index is 11.2. The molecular weight excluding hydrogens is 224 g/mol. The van der Waals surface area contributed by atoms with Crippen molar-refractivity contribution >= 4 is 16.9 Å². The van der Waals surface area contributed by atoms with E-state index in [1.54, 1.807) is 18.2 Å². The van der Waals surface area contributed by atoms with Crippen LogP contribution >= 0.6 is 0 Å². The average molecular weight is 234 g/mol. The number of fused-ring (bicyclic) bond motifs is 1. The van der Waals surface area contributed by atoms with Crippen LogP contribution in [0.2, 0.25) is 0 Å². The van der Waals surface area contributed by atoms with E-state index in [1.165, 1.54) is 20.1 Å². The van der Waals surface area contributed by atoms with E-state index in [0.29, 0.717) is 11.1 Å². The summed E-state index contributed by atoms with van der Waals surface area (Å²) in [5.41, 5.74) is -0.314. The fraction of sp³-hybridized carbons (Fsp3) is 0.167. The van der Waals surface area contributed by atoms with Gasteiger partial charge in [-0.3, -0.25) is 4.79 Å². The van der Waals surface area contributed by atoms with Crippen molar-refractivity contribution in [3.05, 3.63) is 34.7 Å². The van der Waals surface area contributed by atoms with Crippen LogP contribution in [0.5, 0.6) is 11.5 Å². The van der Waals surface area contributed by atoms with Gasteiger partial charge in [-0.25, -0.2) is 4.79 Å². The molecule has 17 heavy (non-hydrogen) atoms. The summed E-state index contributed by atoms with van der Waals surface area (Å²) < 4.78 is 15.1. The zero-order valence-corrected chi connectivity index (χ0v) is 9.35. The second-order valence-corrected chi connectivity index (χ2v) is 3.36. The maximum absolute atomic E-state index is 11.2. The van der Waals surface area contributed by atoms with Gasteiger partial charge >= 0.3 is 11.6 Å². The second-order valence-electron chi connectivity index (χ2n) is 3.36. The molecule has 1 aromatic heterocycles. The van der Waals surface area contributed by atoms with Crippen LogP contribution in [0.3, 0.4) is 0 Å². The molecule has 2 aromatic rings. The molecule has 0 amide bonds. The predicted molar refractivity (Wildman–Crippen MR) is 60.3 cm³/mol. The van der Waals surface area contributed by atoms with E-state index < -0.39 is 11.6 Å². The second kappa shape index (κ2) is 4.29. The van der Waals surface area contributed by atoms with Crippen molar-refractivity contribution in [3.63, 3.8) is 0 Å². The first-order valence-electron chi connectivity index (χ1n) is 4.91. The highest BCUT2D eigenvalue weighted by molar-refractivity contribution is 5.87. The molecule has 1 heterocycles. The average Bonchev–Trinajstić information content (AvgIpc) is 2.29. The Morgan fingerprint density at radius 2 is 1.94 bits per heavy atom. The molecule has 2 rings (SSSR count). The first-order valence-corrected chi connectivity index (χ1v) is 4.91. The van der Waals surface area contributed by atoms with Gasteiger partial charge in [-0.15, -0.1) is 0 Å². The summed E-state index contributed by atoms with van der Waals surface area (Å²) in [7, 11) is 1.44. The number of ether oxygens (including phenoxy) is 2. The number of hydrogen-bond acceptors (Lipinski definition) is 5. The van der Waals surface area contributed by atoms with Crippen LogP contribution in [0, 0.1) is 0 Å². The molecule has 0 aliphatic rings. The van der Waals surface area contributed by atoms with Gasteiger partial charge in [0.05, 0.1) is 7.11 Å². The zero-order chi connectivity index (χ0) is 12.4. The van der Waals surface area contributed by atoms with Crippen LogP contribution in [0.1, 0.15) is 6.92 Å². The Hall–Kier alpha value is -2.30. The fourth-order valence-corrected chi connectivity index (χ4v) is 1.49. The maximum Gasteiger partial charge on any atom is 0.336 e. The summed E-state index contributed by atoms with van der Waals surface area (Å²) in [6.45, 7) is 1.26. The van der Waals surface area contributed by atoms with E-state index in [9.17, 15) is 9.59 Å². The molecule has 0 saturated heterocycles. The Morgan fingerprint density at radius 1 is 1.24 bits per heavy atom. The van der Waals surface area contributed by atoms with Crippen LogP contribution in [0.25, 0.3) is 11.0 Å². The lowest BCUT2D eigenvalue weighted by Crippen LogP contribution is -2.05. The molecule has 0 N–H and O–H groups in total. The number of carbonyl (C=O) groups excluding carboxylic acids is 1. The van der Waals surface area contributed by atoms with Crippen molar-refractivity contribution in [3.8, 4) is 11.5 Å². The lowest BCUT2D eigenvalue weighted by molar-refractivity contribution is -0.131. The largest absolute Gasteiger partial charge is 0.493 e. The van der Waals surface area contributed by atoms with Gasteiger partial charge in [0, 0.05) is 18.4 Å². The Labute approximate surface area is 96.6 Å². The third-order valence-electron chi connectivity index (χ3n) is 2.17. The number of carbonyl (C=O) groups is 1. The minimum atomic E-state index is -0.515. The lowest BCUT2D eigenvalue weighted by Gasteiger charge is -2.09. The Kier molecular flexibility index (Phi) is 2.82. The molecule has 0 fully saturated rings. The van der Waals surface area contributed by atoms with E-state index in [1.807, 2.05) is 0 Å². The number of rotatable bonds is 2. The van der Waals surface area contributed by atoms with E-state index in [2.05, 4.69) is 0 Å². The third kappa shape index (κ3) is 2.13. The topological polar surface area (TPSA) is 65.7 Å². The summed E-state index contributed by atoms with van der Waals surface area (Å²) in [4.78, 5) is 22.2. The molecular formula is C12H10O5. The van der Waals surface area contributed by atoms with Crippen LogP contribution in [0.4, 0.5) is 0 Å². The molecule has 5 heteroatoms. The molecule has 0 unspecified atom stereocenters. The van der Waals surface area contributed by atoms with Gasteiger partial charge in [0.1, 0.15) is 0 Å². The van der Waals surface area contributed by atoms with Crippen LogP contribution in [-0.2, 0) is 4.79 Å². The highest BCUT2D eigenvalue weighted by atomic mass is 16.6. The van der Waals surface area contributed by atoms with Gasteiger partial charge < -0.3 is 13.9 Å². The molecule has 0 atom stereocenters. The number of hydrogen-bond donors (Lipinski definition) is 0. The van der Waals surface area contributed by atoms with Gasteiger partial charge in [0.15, 0.2) is 11.3 Å². The van der Waals surface area contributed by atoms with E-state index in [4.69, 9.17) is 13.9 Å². The van der Waals surface area contributed by atoms with E-state index in [-0.39, 0.29) is 11.3 Å². The molecule has 0 radical (unpaired) electrons. The molecule has 0 saturated carbocycles. The Balaban J connectivity index is 2.76. The molecule has 0 aliphatic carbocycles. The monoisotopic (exact) mass is 234 g/mol. The first kappa shape index (κ1) is 11.2.